The quantitative estimate of drug-likeness (QED) is 0.235. The summed E-state index contributed by atoms with van der Waals surface area (Å²) in [7, 11) is 1.40. The number of methoxy groups -OCH3 is 1. The van der Waals surface area contributed by atoms with Gasteiger partial charge in [-0.05, 0) is 54.1 Å². The van der Waals surface area contributed by atoms with Crippen molar-refractivity contribution in [1.29, 1.82) is 0 Å². The highest BCUT2D eigenvalue weighted by atomic mass is 35.5. The molecule has 0 aliphatic rings. The summed E-state index contributed by atoms with van der Waals surface area (Å²) < 4.78 is 24.3. The number of hydrogen-bond donors (Lipinski definition) is 2. The van der Waals surface area contributed by atoms with Crippen molar-refractivity contribution in [1.82, 2.24) is 0 Å². The molecule has 3 rings (SSSR count). The topological polar surface area (TPSA) is 97.2 Å². The number of carboxylic acid groups (broad SMARTS) is 1. The number of nitrogens with one attached hydrogen (secondary N) is 1. The highest BCUT2D eigenvalue weighted by molar-refractivity contribution is 6.33. The third-order valence-corrected chi connectivity index (χ3v) is 4.42. The summed E-state index contributed by atoms with van der Waals surface area (Å²) in [5.41, 5.74) is 3.49. The number of esters is 1. The zero-order chi connectivity index (χ0) is 22.4. The van der Waals surface area contributed by atoms with Crippen LogP contribution in [0.25, 0.3) is 0 Å². The van der Waals surface area contributed by atoms with Crippen LogP contribution in [0.1, 0.15) is 26.3 Å². The van der Waals surface area contributed by atoms with Crippen LogP contribution in [0.5, 0.6) is 11.5 Å². The van der Waals surface area contributed by atoms with Crippen molar-refractivity contribution >= 4 is 35.4 Å². The number of carboxylic acids is 1. The molecule has 0 fully saturated rings. The number of hydrogen-bond acceptors (Lipinski definition) is 6. The average Bonchev–Trinajstić information content (AvgIpc) is 2.75. The van der Waals surface area contributed by atoms with Gasteiger partial charge in [0.25, 0.3) is 0 Å². The van der Waals surface area contributed by atoms with Crippen LogP contribution in [0, 0.1) is 5.82 Å². The molecule has 9 heteroatoms. The van der Waals surface area contributed by atoms with Gasteiger partial charge in [0, 0.05) is 0 Å². The summed E-state index contributed by atoms with van der Waals surface area (Å²) in [6.07, 6.45) is 1.46. The highest BCUT2D eigenvalue weighted by Crippen LogP contribution is 2.29. The van der Waals surface area contributed by atoms with E-state index >= 15 is 0 Å². The standard InChI is InChI=1S/C22H16ClFN2O5/c1-30-20-10-13(12-25-26-14-7-8-17(23)16(11-14)21(27)28)6-9-19(20)31-22(29)15-4-2-3-5-18(15)24/h2-12,26H,1H3,(H,27,28)/b25-12-. The number of carbonyl (C=O) groups is 2. The van der Waals surface area contributed by atoms with Gasteiger partial charge < -0.3 is 14.6 Å². The molecule has 0 saturated heterocycles. The molecule has 3 aromatic rings. The number of nitrogens with zero attached hydrogens (tertiary/aromatic N) is 1. The molecular formula is C22H16ClFN2O5. The first-order valence-corrected chi connectivity index (χ1v) is 9.23. The number of benzene rings is 3. The maximum atomic E-state index is 13.8. The molecule has 0 aliphatic heterocycles. The van der Waals surface area contributed by atoms with Crippen LogP contribution in [0.2, 0.25) is 5.02 Å². The fourth-order valence-corrected chi connectivity index (χ4v) is 2.77. The summed E-state index contributed by atoms with van der Waals surface area (Å²) in [6, 6.07) is 14.6. The molecule has 0 bridgehead atoms. The van der Waals surface area contributed by atoms with Gasteiger partial charge in [0.1, 0.15) is 5.82 Å². The second-order valence-electron chi connectivity index (χ2n) is 6.15. The van der Waals surface area contributed by atoms with Crippen LogP contribution in [0.3, 0.4) is 0 Å². The minimum Gasteiger partial charge on any atom is -0.493 e. The first kappa shape index (κ1) is 21.8. The molecule has 0 unspecified atom stereocenters. The van der Waals surface area contributed by atoms with Crippen molar-refractivity contribution in [3.63, 3.8) is 0 Å². The number of carbonyl (C=O) groups excluding carboxylic acids is 1. The summed E-state index contributed by atoms with van der Waals surface area (Å²) in [5, 5.41) is 13.3. The highest BCUT2D eigenvalue weighted by Gasteiger charge is 2.16. The third-order valence-electron chi connectivity index (χ3n) is 4.09. The van der Waals surface area contributed by atoms with E-state index in [1.54, 1.807) is 18.2 Å². The molecule has 0 spiro atoms. The Morgan fingerprint density at radius 1 is 1.06 bits per heavy atom. The number of hydrazone groups is 1. The van der Waals surface area contributed by atoms with Gasteiger partial charge in [-0.2, -0.15) is 5.10 Å². The van der Waals surface area contributed by atoms with E-state index in [0.717, 1.165) is 0 Å². The summed E-state index contributed by atoms with van der Waals surface area (Å²) in [4.78, 5) is 23.3. The van der Waals surface area contributed by atoms with Crippen molar-refractivity contribution in [2.24, 2.45) is 5.10 Å². The monoisotopic (exact) mass is 442 g/mol. The summed E-state index contributed by atoms with van der Waals surface area (Å²) in [5.74, 6) is -2.33. The predicted molar refractivity (Wildman–Crippen MR) is 114 cm³/mol. The van der Waals surface area contributed by atoms with Gasteiger partial charge in [-0.3, -0.25) is 5.43 Å². The smallest absolute Gasteiger partial charge is 0.346 e. The van der Waals surface area contributed by atoms with Crippen molar-refractivity contribution in [3.8, 4) is 11.5 Å². The lowest BCUT2D eigenvalue weighted by atomic mass is 10.2. The fraction of sp³-hybridized carbons (Fsp3) is 0.0455. The van der Waals surface area contributed by atoms with E-state index in [-0.39, 0.29) is 27.6 Å². The molecule has 0 saturated carbocycles. The minimum absolute atomic E-state index is 0.0513. The van der Waals surface area contributed by atoms with Crippen LogP contribution < -0.4 is 14.9 Å². The molecule has 0 heterocycles. The Balaban J connectivity index is 1.73. The van der Waals surface area contributed by atoms with Gasteiger partial charge in [0.2, 0.25) is 0 Å². The molecule has 158 valence electrons. The second-order valence-corrected chi connectivity index (χ2v) is 6.56. The predicted octanol–water partition coefficient (Wildman–Crippen LogP) is 4.85. The lowest BCUT2D eigenvalue weighted by Crippen LogP contribution is -2.11. The zero-order valence-electron chi connectivity index (χ0n) is 16.1. The molecule has 3 aromatic carbocycles. The third kappa shape index (κ3) is 5.37. The van der Waals surface area contributed by atoms with Gasteiger partial charge >= 0.3 is 11.9 Å². The van der Waals surface area contributed by atoms with Gasteiger partial charge in [-0.25, -0.2) is 14.0 Å². The Bertz CT molecular complexity index is 1170. The Labute approximate surface area is 181 Å². The van der Waals surface area contributed by atoms with E-state index in [9.17, 15) is 14.0 Å². The number of anilines is 1. The first-order chi connectivity index (χ1) is 14.9. The SMILES string of the molecule is COc1cc(/C=N\Nc2ccc(Cl)c(C(=O)O)c2)ccc1OC(=O)c1ccccc1F. The van der Waals surface area contributed by atoms with Crippen LogP contribution in [0.15, 0.2) is 65.8 Å². The van der Waals surface area contributed by atoms with E-state index < -0.39 is 17.8 Å². The van der Waals surface area contributed by atoms with Crippen LogP contribution in [0.4, 0.5) is 10.1 Å². The number of rotatable bonds is 7. The Hall–Kier alpha value is -3.91. The molecule has 0 atom stereocenters. The number of aromatic carboxylic acids is 1. The van der Waals surface area contributed by atoms with E-state index in [1.165, 1.54) is 55.8 Å². The van der Waals surface area contributed by atoms with Crippen molar-refractivity contribution < 1.29 is 28.6 Å². The van der Waals surface area contributed by atoms with Gasteiger partial charge in [0.15, 0.2) is 11.5 Å². The molecule has 0 radical (unpaired) electrons. The Kier molecular flexibility index (Phi) is 6.84. The molecule has 0 aliphatic carbocycles. The lowest BCUT2D eigenvalue weighted by molar-refractivity contribution is 0.0693. The number of halogens is 2. The summed E-state index contributed by atoms with van der Waals surface area (Å²) >= 11 is 5.84. The molecule has 0 aromatic heterocycles. The van der Waals surface area contributed by atoms with E-state index in [4.69, 9.17) is 26.2 Å². The molecule has 2 N–H and O–H groups in total. The van der Waals surface area contributed by atoms with Gasteiger partial charge in [-0.1, -0.05) is 23.7 Å². The van der Waals surface area contributed by atoms with Crippen molar-refractivity contribution in [2.45, 2.75) is 0 Å². The van der Waals surface area contributed by atoms with Gasteiger partial charge in [-0.15, -0.1) is 0 Å². The molecule has 0 amide bonds. The maximum absolute atomic E-state index is 13.8. The molecular weight excluding hydrogens is 427 g/mol. The Morgan fingerprint density at radius 3 is 2.55 bits per heavy atom. The second kappa shape index (κ2) is 9.73. The lowest BCUT2D eigenvalue weighted by Gasteiger charge is -2.10. The van der Waals surface area contributed by atoms with E-state index in [1.807, 2.05) is 0 Å². The zero-order valence-corrected chi connectivity index (χ0v) is 16.9. The molecule has 7 nitrogen and oxygen atoms in total. The van der Waals surface area contributed by atoms with Crippen LogP contribution >= 0.6 is 11.6 Å². The van der Waals surface area contributed by atoms with Crippen molar-refractivity contribution in [2.75, 3.05) is 12.5 Å². The number of ether oxygens (including phenoxy) is 2. The fourth-order valence-electron chi connectivity index (χ4n) is 2.57. The summed E-state index contributed by atoms with van der Waals surface area (Å²) in [6.45, 7) is 0. The molecule has 31 heavy (non-hydrogen) atoms. The normalized spacial score (nSPS) is 10.7. The Morgan fingerprint density at radius 2 is 1.84 bits per heavy atom. The maximum Gasteiger partial charge on any atom is 0.346 e. The van der Waals surface area contributed by atoms with Crippen LogP contribution in [-0.2, 0) is 0 Å². The first-order valence-electron chi connectivity index (χ1n) is 8.85. The largest absolute Gasteiger partial charge is 0.493 e. The van der Waals surface area contributed by atoms with Crippen LogP contribution in [-0.4, -0.2) is 30.4 Å². The van der Waals surface area contributed by atoms with E-state index in [0.29, 0.717) is 11.3 Å². The van der Waals surface area contributed by atoms with Crippen molar-refractivity contribution in [3.05, 3.63) is 88.2 Å². The minimum atomic E-state index is -1.15. The van der Waals surface area contributed by atoms with E-state index in [2.05, 4.69) is 10.5 Å². The average molecular weight is 443 g/mol. The van der Waals surface area contributed by atoms with Gasteiger partial charge in [0.05, 0.1) is 35.2 Å².